The number of hydrogen-bond donors (Lipinski definition) is 2. The zero-order chi connectivity index (χ0) is 6.97. The van der Waals surface area contributed by atoms with Crippen LogP contribution in [0, 0.1) is 0 Å². The van der Waals surface area contributed by atoms with Gasteiger partial charge in [0.1, 0.15) is 5.69 Å². The predicted molar refractivity (Wildman–Crippen MR) is 39.8 cm³/mol. The second-order valence-corrected chi connectivity index (χ2v) is 2.38. The van der Waals surface area contributed by atoms with Crippen LogP contribution in [0.3, 0.4) is 0 Å². The molecule has 0 saturated heterocycles. The van der Waals surface area contributed by atoms with Crippen molar-refractivity contribution in [2.75, 3.05) is 11.0 Å². The fraction of sp³-hybridized carbons (Fsp3) is 0. The van der Waals surface area contributed by atoms with Gasteiger partial charge < -0.3 is 0 Å². The quantitative estimate of drug-likeness (QED) is 0.603. The van der Waals surface area contributed by atoms with E-state index in [1.807, 2.05) is 12.1 Å². The van der Waals surface area contributed by atoms with Gasteiger partial charge in [-0.1, -0.05) is 17.7 Å². The van der Waals surface area contributed by atoms with Gasteiger partial charge >= 0.3 is 0 Å². The standard InChI is InChI=1S/C6H5ClN2O/c7-4-2-1-3-5-6(4)9-10-8-5/h1-3,8-9H. The van der Waals surface area contributed by atoms with Gasteiger partial charge in [-0.15, -0.1) is 0 Å². The van der Waals surface area contributed by atoms with Crippen molar-refractivity contribution in [3.05, 3.63) is 23.2 Å². The highest BCUT2D eigenvalue weighted by Crippen LogP contribution is 2.33. The third-order valence-corrected chi connectivity index (χ3v) is 1.64. The molecule has 0 spiro atoms. The molecular formula is C6H5ClN2O. The molecule has 1 aromatic rings. The van der Waals surface area contributed by atoms with E-state index in [0.717, 1.165) is 11.4 Å². The van der Waals surface area contributed by atoms with Crippen molar-refractivity contribution >= 4 is 23.0 Å². The molecular weight excluding hydrogens is 152 g/mol. The number of fused-ring (bicyclic) bond motifs is 1. The lowest BCUT2D eigenvalue weighted by atomic mass is 10.3. The molecule has 2 rings (SSSR count). The van der Waals surface area contributed by atoms with Crippen molar-refractivity contribution in [1.29, 1.82) is 0 Å². The molecule has 0 aromatic heterocycles. The summed E-state index contributed by atoms with van der Waals surface area (Å²) < 4.78 is 0. The van der Waals surface area contributed by atoms with Crippen LogP contribution in [-0.4, -0.2) is 0 Å². The highest BCUT2D eigenvalue weighted by Gasteiger charge is 2.11. The minimum atomic E-state index is 0.655. The lowest BCUT2D eigenvalue weighted by molar-refractivity contribution is 0.282. The minimum absolute atomic E-state index is 0.655. The van der Waals surface area contributed by atoms with E-state index < -0.39 is 0 Å². The van der Waals surface area contributed by atoms with Crippen molar-refractivity contribution in [3.8, 4) is 0 Å². The first-order valence-corrected chi connectivity index (χ1v) is 3.22. The second kappa shape index (κ2) is 2.04. The summed E-state index contributed by atoms with van der Waals surface area (Å²) >= 11 is 5.79. The van der Waals surface area contributed by atoms with E-state index in [9.17, 15) is 0 Å². The zero-order valence-corrected chi connectivity index (χ0v) is 5.77. The van der Waals surface area contributed by atoms with E-state index in [2.05, 4.69) is 11.0 Å². The highest BCUT2D eigenvalue weighted by atomic mass is 35.5. The van der Waals surface area contributed by atoms with Crippen molar-refractivity contribution in [3.63, 3.8) is 0 Å². The number of rotatable bonds is 0. The third kappa shape index (κ3) is 0.716. The molecule has 2 N–H and O–H groups in total. The van der Waals surface area contributed by atoms with E-state index in [1.165, 1.54) is 0 Å². The van der Waals surface area contributed by atoms with Crippen LogP contribution in [-0.2, 0) is 4.94 Å². The lowest BCUT2D eigenvalue weighted by Crippen LogP contribution is -1.94. The molecule has 3 nitrogen and oxygen atoms in total. The highest BCUT2D eigenvalue weighted by molar-refractivity contribution is 6.34. The number of benzene rings is 1. The first-order chi connectivity index (χ1) is 4.88. The first kappa shape index (κ1) is 5.82. The molecule has 1 heterocycles. The monoisotopic (exact) mass is 156 g/mol. The molecule has 0 aliphatic carbocycles. The molecule has 1 aliphatic rings. The first-order valence-electron chi connectivity index (χ1n) is 2.84. The number of para-hydroxylation sites is 1. The summed E-state index contributed by atoms with van der Waals surface area (Å²) in [5.41, 5.74) is 6.93. The topological polar surface area (TPSA) is 33.3 Å². The van der Waals surface area contributed by atoms with Gasteiger partial charge in [-0.3, -0.25) is 0 Å². The van der Waals surface area contributed by atoms with E-state index >= 15 is 0 Å². The Kier molecular flexibility index (Phi) is 1.19. The van der Waals surface area contributed by atoms with E-state index in [1.54, 1.807) is 6.07 Å². The maximum absolute atomic E-state index is 5.79. The molecule has 0 atom stereocenters. The molecule has 0 amide bonds. The molecule has 0 unspecified atom stereocenters. The molecule has 52 valence electrons. The Morgan fingerprint density at radius 2 is 2.20 bits per heavy atom. The molecule has 1 aromatic carbocycles. The molecule has 10 heavy (non-hydrogen) atoms. The molecule has 0 fully saturated rings. The summed E-state index contributed by atoms with van der Waals surface area (Å²) in [6.07, 6.45) is 0. The van der Waals surface area contributed by atoms with Gasteiger partial charge in [0.15, 0.2) is 0 Å². The van der Waals surface area contributed by atoms with Crippen LogP contribution < -0.4 is 11.0 Å². The van der Waals surface area contributed by atoms with Crippen LogP contribution in [0.5, 0.6) is 0 Å². The van der Waals surface area contributed by atoms with E-state index in [4.69, 9.17) is 16.5 Å². The molecule has 1 aliphatic heterocycles. The summed E-state index contributed by atoms with van der Waals surface area (Å²) in [5.74, 6) is 0. The van der Waals surface area contributed by atoms with Crippen LogP contribution in [0.25, 0.3) is 0 Å². The SMILES string of the molecule is Clc1cccc2c1NON2. The molecule has 4 heteroatoms. The van der Waals surface area contributed by atoms with Crippen LogP contribution in [0.1, 0.15) is 0 Å². The normalized spacial score (nSPS) is 13.7. The minimum Gasteiger partial charge on any atom is -0.240 e. The van der Waals surface area contributed by atoms with Gasteiger partial charge in [-0.2, -0.15) is 4.94 Å². The number of halogens is 1. The predicted octanol–water partition coefficient (Wildman–Crippen LogP) is 2.02. The summed E-state index contributed by atoms with van der Waals surface area (Å²) in [7, 11) is 0. The zero-order valence-electron chi connectivity index (χ0n) is 5.02. The maximum atomic E-state index is 5.79. The van der Waals surface area contributed by atoms with E-state index in [0.29, 0.717) is 5.02 Å². The van der Waals surface area contributed by atoms with E-state index in [-0.39, 0.29) is 0 Å². The van der Waals surface area contributed by atoms with Gasteiger partial charge in [0.25, 0.3) is 0 Å². The Bertz CT molecular complexity index is 264. The summed E-state index contributed by atoms with van der Waals surface area (Å²) in [5, 5.41) is 0.655. The van der Waals surface area contributed by atoms with Crippen LogP contribution in [0.4, 0.5) is 11.4 Å². The molecule has 0 saturated carbocycles. The Labute approximate surface area is 62.9 Å². The second-order valence-electron chi connectivity index (χ2n) is 1.97. The Hall–Kier alpha value is -0.930. The van der Waals surface area contributed by atoms with Gasteiger partial charge in [0.2, 0.25) is 0 Å². The van der Waals surface area contributed by atoms with Gasteiger partial charge in [0, 0.05) is 0 Å². The smallest absolute Gasteiger partial charge is 0.107 e. The summed E-state index contributed by atoms with van der Waals surface area (Å²) in [4.78, 5) is 4.71. The fourth-order valence-electron chi connectivity index (χ4n) is 0.844. The molecule has 0 bridgehead atoms. The summed E-state index contributed by atoms with van der Waals surface area (Å²) in [6, 6.07) is 5.52. The average Bonchev–Trinajstić information content (AvgIpc) is 2.36. The van der Waals surface area contributed by atoms with Crippen LogP contribution in [0.2, 0.25) is 5.02 Å². The van der Waals surface area contributed by atoms with Crippen molar-refractivity contribution in [1.82, 2.24) is 0 Å². The van der Waals surface area contributed by atoms with Gasteiger partial charge in [-0.05, 0) is 12.1 Å². The number of anilines is 2. The van der Waals surface area contributed by atoms with Crippen molar-refractivity contribution in [2.24, 2.45) is 0 Å². The number of hydrogen-bond acceptors (Lipinski definition) is 3. The summed E-state index contributed by atoms with van der Waals surface area (Å²) in [6.45, 7) is 0. The lowest BCUT2D eigenvalue weighted by Gasteiger charge is -1.95. The van der Waals surface area contributed by atoms with Crippen LogP contribution in [0.15, 0.2) is 18.2 Å². The Balaban J connectivity index is 2.59. The Morgan fingerprint density at radius 1 is 1.30 bits per heavy atom. The van der Waals surface area contributed by atoms with Crippen molar-refractivity contribution in [2.45, 2.75) is 0 Å². The largest absolute Gasteiger partial charge is 0.240 e. The number of nitrogens with one attached hydrogen (secondary N) is 2. The fourth-order valence-corrected chi connectivity index (χ4v) is 1.06. The molecule has 0 radical (unpaired) electrons. The van der Waals surface area contributed by atoms with Gasteiger partial charge in [0.05, 0.1) is 10.7 Å². The van der Waals surface area contributed by atoms with Crippen molar-refractivity contribution < 1.29 is 4.94 Å². The van der Waals surface area contributed by atoms with Gasteiger partial charge in [-0.25, -0.2) is 11.0 Å². The third-order valence-electron chi connectivity index (χ3n) is 1.33. The van der Waals surface area contributed by atoms with Crippen LogP contribution >= 0.6 is 11.6 Å². The Morgan fingerprint density at radius 3 is 3.00 bits per heavy atom. The average molecular weight is 157 g/mol. The maximum Gasteiger partial charge on any atom is 0.107 e.